The average molecular weight is 490 g/mol. The first kappa shape index (κ1) is 23.5. The van der Waals surface area contributed by atoms with Gasteiger partial charge < -0.3 is 24.8 Å². The summed E-state index contributed by atoms with van der Waals surface area (Å²) in [6.07, 6.45) is 12.7. The first-order chi connectivity index (χ1) is 17.1. The number of aromatic nitrogens is 2. The van der Waals surface area contributed by atoms with Crippen LogP contribution in [0.2, 0.25) is 0 Å². The molecule has 2 aromatic heterocycles. The highest BCUT2D eigenvalue weighted by Crippen LogP contribution is 2.42. The van der Waals surface area contributed by atoms with Crippen LogP contribution < -0.4 is 15.5 Å². The van der Waals surface area contributed by atoms with Crippen LogP contribution in [-0.4, -0.2) is 34.3 Å². The van der Waals surface area contributed by atoms with Crippen molar-refractivity contribution in [3.05, 3.63) is 78.4 Å². The number of rotatable bonds is 7. The Morgan fingerprint density at radius 1 is 1.14 bits per heavy atom. The van der Waals surface area contributed by atoms with Crippen molar-refractivity contribution in [2.24, 2.45) is 0 Å². The van der Waals surface area contributed by atoms with E-state index in [0.29, 0.717) is 11.2 Å². The Bertz CT molecular complexity index is 1160. The number of nitrogens with one attached hydrogen (secondary N) is 2. The minimum Gasteiger partial charge on any atom is -0.375 e. The maximum absolute atomic E-state index is 11.9. The Kier molecular flexibility index (Phi) is 7.11. The molecule has 3 heterocycles. The summed E-state index contributed by atoms with van der Waals surface area (Å²) in [6.45, 7) is 0.0215. The number of hydrogen-bond acceptors (Lipinski definition) is 4. The molecule has 1 aliphatic carbocycles. The molecule has 1 aliphatic heterocycles. The van der Waals surface area contributed by atoms with Crippen molar-refractivity contribution >= 4 is 34.6 Å². The quantitative estimate of drug-likeness (QED) is 0.447. The molecule has 1 saturated carbocycles. The van der Waals surface area contributed by atoms with Gasteiger partial charge in [0.05, 0.1) is 17.8 Å². The standard InChI is InChI=1S/C27H31N5O2S/c1-34-18-24(33)29-20-10-12-22(13-11-20)32-26(25(30-27(32)35)23-9-5-6-15-28-23)19-14-16-31(17-19)21-7-3-2-4-8-21/h5-6,9-17,21,25-26H,2-4,7-8,18H2,1H3,(H,29,33)(H,30,35)/t25-,26+/m0/s1. The predicted octanol–water partition coefficient (Wildman–Crippen LogP) is 5.15. The highest BCUT2D eigenvalue weighted by atomic mass is 32.1. The lowest BCUT2D eigenvalue weighted by Crippen LogP contribution is -2.29. The molecule has 1 aromatic carbocycles. The van der Waals surface area contributed by atoms with Gasteiger partial charge in [-0.05, 0) is 73.1 Å². The average Bonchev–Trinajstić information content (AvgIpc) is 3.50. The van der Waals surface area contributed by atoms with E-state index in [2.05, 4.69) is 43.5 Å². The Morgan fingerprint density at radius 2 is 1.94 bits per heavy atom. The van der Waals surface area contributed by atoms with E-state index in [1.807, 2.05) is 48.7 Å². The number of amides is 1. The van der Waals surface area contributed by atoms with E-state index >= 15 is 0 Å². The number of ether oxygens (including phenoxy) is 1. The van der Waals surface area contributed by atoms with Gasteiger partial charge in [-0.1, -0.05) is 25.3 Å². The summed E-state index contributed by atoms with van der Waals surface area (Å²) in [5.41, 5.74) is 3.84. The fourth-order valence-corrected chi connectivity index (χ4v) is 5.56. The van der Waals surface area contributed by atoms with Crippen LogP contribution in [0.25, 0.3) is 0 Å². The normalized spacial score (nSPS) is 20.6. The molecule has 0 spiro atoms. The van der Waals surface area contributed by atoms with Gasteiger partial charge in [-0.2, -0.15) is 0 Å². The molecule has 182 valence electrons. The third-order valence-corrected chi connectivity index (χ3v) is 7.19. The molecule has 0 radical (unpaired) electrons. The van der Waals surface area contributed by atoms with Gasteiger partial charge in [0.25, 0.3) is 0 Å². The SMILES string of the molecule is COCC(=O)Nc1ccc(N2C(=S)N[C@@H](c3ccccn3)[C@H]2c2ccn(C3CCCCC3)c2)cc1. The predicted molar refractivity (Wildman–Crippen MR) is 141 cm³/mol. The van der Waals surface area contributed by atoms with Crippen LogP contribution in [0.15, 0.2) is 67.1 Å². The summed E-state index contributed by atoms with van der Waals surface area (Å²) in [7, 11) is 1.50. The van der Waals surface area contributed by atoms with Crippen molar-refractivity contribution < 1.29 is 9.53 Å². The van der Waals surface area contributed by atoms with Gasteiger partial charge in [-0.3, -0.25) is 9.78 Å². The van der Waals surface area contributed by atoms with E-state index in [0.717, 1.165) is 17.1 Å². The monoisotopic (exact) mass is 489 g/mol. The summed E-state index contributed by atoms with van der Waals surface area (Å²) < 4.78 is 7.29. The maximum atomic E-state index is 11.9. The van der Waals surface area contributed by atoms with Crippen molar-refractivity contribution in [3.8, 4) is 0 Å². The van der Waals surface area contributed by atoms with Crippen LogP contribution in [0.1, 0.15) is 61.5 Å². The van der Waals surface area contributed by atoms with Crippen LogP contribution in [0.4, 0.5) is 11.4 Å². The molecule has 3 aromatic rings. The molecule has 0 unspecified atom stereocenters. The van der Waals surface area contributed by atoms with Gasteiger partial charge >= 0.3 is 0 Å². The largest absolute Gasteiger partial charge is 0.375 e. The van der Waals surface area contributed by atoms with E-state index in [9.17, 15) is 4.79 Å². The summed E-state index contributed by atoms with van der Waals surface area (Å²) in [5.74, 6) is -0.184. The van der Waals surface area contributed by atoms with E-state index < -0.39 is 0 Å². The Balaban J connectivity index is 1.46. The number of nitrogens with zero attached hydrogens (tertiary/aromatic N) is 3. The molecule has 2 fully saturated rings. The summed E-state index contributed by atoms with van der Waals surface area (Å²) in [6, 6.07) is 16.4. The van der Waals surface area contributed by atoms with Crippen molar-refractivity contribution in [1.29, 1.82) is 0 Å². The molecule has 8 heteroatoms. The summed E-state index contributed by atoms with van der Waals surface area (Å²) in [5, 5.41) is 7.02. The smallest absolute Gasteiger partial charge is 0.250 e. The molecule has 5 rings (SSSR count). The summed E-state index contributed by atoms with van der Waals surface area (Å²) in [4.78, 5) is 18.7. The maximum Gasteiger partial charge on any atom is 0.250 e. The van der Waals surface area contributed by atoms with Crippen LogP contribution in [0, 0.1) is 0 Å². The Hall–Kier alpha value is -3.23. The topological polar surface area (TPSA) is 71.4 Å². The molecule has 2 atom stereocenters. The van der Waals surface area contributed by atoms with Gasteiger partial charge in [-0.15, -0.1) is 0 Å². The zero-order valence-electron chi connectivity index (χ0n) is 19.9. The fraction of sp³-hybridized carbons (Fsp3) is 0.370. The number of benzene rings is 1. The molecule has 7 nitrogen and oxygen atoms in total. The van der Waals surface area contributed by atoms with Gasteiger partial charge in [-0.25, -0.2) is 0 Å². The highest BCUT2D eigenvalue weighted by Gasteiger charge is 2.41. The number of carbonyl (C=O) groups is 1. The number of hydrogen-bond donors (Lipinski definition) is 2. The van der Waals surface area contributed by atoms with E-state index in [1.165, 1.54) is 44.8 Å². The van der Waals surface area contributed by atoms with E-state index in [1.54, 1.807) is 0 Å². The molecule has 35 heavy (non-hydrogen) atoms. The van der Waals surface area contributed by atoms with Crippen molar-refractivity contribution in [1.82, 2.24) is 14.9 Å². The molecule has 2 N–H and O–H groups in total. The number of pyridine rings is 1. The third-order valence-electron chi connectivity index (χ3n) is 6.88. The van der Waals surface area contributed by atoms with Crippen LogP contribution in [-0.2, 0) is 9.53 Å². The Labute approximate surface area is 211 Å². The lowest BCUT2D eigenvalue weighted by atomic mass is 9.95. The van der Waals surface area contributed by atoms with E-state index in [-0.39, 0.29) is 24.6 Å². The fourth-order valence-electron chi connectivity index (χ4n) is 5.22. The first-order valence-electron chi connectivity index (χ1n) is 12.2. The van der Waals surface area contributed by atoms with Crippen LogP contribution >= 0.6 is 12.2 Å². The minimum atomic E-state index is -0.184. The molecule has 0 bridgehead atoms. The van der Waals surface area contributed by atoms with E-state index in [4.69, 9.17) is 17.0 Å². The number of thiocarbonyl (C=S) groups is 1. The van der Waals surface area contributed by atoms with Crippen molar-refractivity contribution in [2.75, 3.05) is 23.9 Å². The van der Waals surface area contributed by atoms with Crippen molar-refractivity contribution in [3.63, 3.8) is 0 Å². The molecule has 1 saturated heterocycles. The van der Waals surface area contributed by atoms with Crippen LogP contribution in [0.3, 0.4) is 0 Å². The van der Waals surface area contributed by atoms with Crippen LogP contribution in [0.5, 0.6) is 0 Å². The molecular weight excluding hydrogens is 458 g/mol. The zero-order chi connectivity index (χ0) is 24.2. The van der Waals surface area contributed by atoms with Crippen molar-refractivity contribution in [2.45, 2.75) is 50.2 Å². The molecular formula is C27H31N5O2S. The zero-order valence-corrected chi connectivity index (χ0v) is 20.7. The minimum absolute atomic E-state index is 0.0215. The second-order valence-corrected chi connectivity index (χ2v) is 9.60. The highest BCUT2D eigenvalue weighted by molar-refractivity contribution is 7.80. The summed E-state index contributed by atoms with van der Waals surface area (Å²) >= 11 is 5.84. The number of methoxy groups -OCH3 is 1. The lowest BCUT2D eigenvalue weighted by molar-refractivity contribution is -0.119. The second kappa shape index (κ2) is 10.6. The van der Waals surface area contributed by atoms with Gasteiger partial charge in [0.2, 0.25) is 5.91 Å². The number of carbonyl (C=O) groups excluding carboxylic acids is 1. The number of anilines is 2. The van der Waals surface area contributed by atoms with Gasteiger partial charge in [0, 0.05) is 43.1 Å². The Morgan fingerprint density at radius 3 is 2.66 bits per heavy atom. The second-order valence-electron chi connectivity index (χ2n) is 9.21. The van der Waals surface area contributed by atoms with Gasteiger partial charge in [0.15, 0.2) is 5.11 Å². The molecule has 1 amide bonds. The van der Waals surface area contributed by atoms with Gasteiger partial charge in [0.1, 0.15) is 6.61 Å². The molecule has 2 aliphatic rings. The third kappa shape index (κ3) is 5.09. The first-order valence-corrected chi connectivity index (χ1v) is 12.6. The lowest BCUT2D eigenvalue weighted by Gasteiger charge is -2.28.